The number of carbonyl (C=O) groups is 1. The van der Waals surface area contributed by atoms with Crippen LogP contribution in [0.25, 0.3) is 0 Å². The summed E-state index contributed by atoms with van der Waals surface area (Å²) >= 11 is 0. The van der Waals surface area contributed by atoms with Gasteiger partial charge in [0.1, 0.15) is 0 Å². The minimum atomic E-state index is -3.43. The molecule has 6 nitrogen and oxygen atoms in total. The van der Waals surface area contributed by atoms with Gasteiger partial charge in [-0.05, 0) is 31.0 Å². The molecule has 0 bridgehead atoms. The lowest BCUT2D eigenvalue weighted by atomic mass is 10.1. The highest BCUT2D eigenvalue weighted by atomic mass is 32.2. The van der Waals surface area contributed by atoms with Gasteiger partial charge in [-0.15, -0.1) is 0 Å². The molecule has 4 N–H and O–H groups in total. The van der Waals surface area contributed by atoms with Crippen LogP contribution in [-0.4, -0.2) is 38.3 Å². The van der Waals surface area contributed by atoms with E-state index < -0.39 is 15.7 Å². The summed E-state index contributed by atoms with van der Waals surface area (Å²) in [6, 6.07) is 3.88. The number of hydrogen-bond donors (Lipinski definition) is 3. The number of nitrogen functional groups attached to an aromatic ring is 1. The predicted octanol–water partition coefficient (Wildman–Crippen LogP) is 0.563. The van der Waals surface area contributed by atoms with Crippen molar-refractivity contribution in [1.82, 2.24) is 5.32 Å². The Kier molecular flexibility index (Phi) is 5.52. The van der Waals surface area contributed by atoms with Gasteiger partial charge in [-0.1, -0.05) is 6.92 Å². The van der Waals surface area contributed by atoms with Gasteiger partial charge < -0.3 is 16.2 Å². The standard InChI is InChI=1S/C13H20N2O4S/c1-3-11(4-5-16)15-13(17)9-6-10(14)8-12(7-9)20(2,18)19/h6-8,11,16H,3-5,14H2,1-2H3,(H,15,17). The lowest BCUT2D eigenvalue weighted by molar-refractivity contribution is 0.0929. The van der Waals surface area contributed by atoms with Crippen LogP contribution in [0, 0.1) is 0 Å². The Morgan fingerprint density at radius 2 is 2.05 bits per heavy atom. The van der Waals surface area contributed by atoms with Gasteiger partial charge in [0.05, 0.1) is 4.90 Å². The first-order chi connectivity index (χ1) is 9.27. The van der Waals surface area contributed by atoms with Crippen molar-refractivity contribution in [2.24, 2.45) is 0 Å². The average molecular weight is 300 g/mol. The third-order valence-electron chi connectivity index (χ3n) is 2.92. The van der Waals surface area contributed by atoms with Crippen LogP contribution in [-0.2, 0) is 9.84 Å². The molecule has 0 aromatic heterocycles. The van der Waals surface area contributed by atoms with E-state index in [9.17, 15) is 13.2 Å². The lowest BCUT2D eigenvalue weighted by Gasteiger charge is -2.16. The number of anilines is 1. The Balaban J connectivity index is 3.02. The van der Waals surface area contributed by atoms with Crippen molar-refractivity contribution in [3.05, 3.63) is 23.8 Å². The first kappa shape index (κ1) is 16.5. The first-order valence-corrected chi connectivity index (χ1v) is 8.19. The van der Waals surface area contributed by atoms with Crippen LogP contribution in [0.5, 0.6) is 0 Å². The van der Waals surface area contributed by atoms with Crippen molar-refractivity contribution < 1.29 is 18.3 Å². The number of amides is 1. The van der Waals surface area contributed by atoms with Crippen LogP contribution in [0.4, 0.5) is 5.69 Å². The molecule has 7 heteroatoms. The van der Waals surface area contributed by atoms with Crippen LogP contribution in [0.15, 0.2) is 23.1 Å². The number of aliphatic hydroxyl groups excluding tert-OH is 1. The second-order valence-corrected chi connectivity index (χ2v) is 6.67. The van der Waals surface area contributed by atoms with Crippen molar-refractivity contribution in [2.75, 3.05) is 18.6 Å². The van der Waals surface area contributed by atoms with E-state index in [1.54, 1.807) is 0 Å². The predicted molar refractivity (Wildman–Crippen MR) is 77.2 cm³/mol. The van der Waals surface area contributed by atoms with Crippen molar-refractivity contribution in [3.8, 4) is 0 Å². The third-order valence-corrected chi connectivity index (χ3v) is 4.02. The molecular weight excluding hydrogens is 280 g/mol. The third kappa shape index (κ3) is 4.50. The van der Waals surface area contributed by atoms with Crippen LogP contribution < -0.4 is 11.1 Å². The number of rotatable bonds is 6. The Hall–Kier alpha value is -1.60. The van der Waals surface area contributed by atoms with Gasteiger partial charge >= 0.3 is 0 Å². The zero-order chi connectivity index (χ0) is 15.3. The summed E-state index contributed by atoms with van der Waals surface area (Å²) in [7, 11) is -3.43. The summed E-state index contributed by atoms with van der Waals surface area (Å²) in [4.78, 5) is 12.1. The Bertz CT molecular complexity index is 584. The highest BCUT2D eigenvalue weighted by Crippen LogP contribution is 2.17. The summed E-state index contributed by atoms with van der Waals surface area (Å²) in [6.45, 7) is 1.87. The molecule has 1 atom stereocenters. The van der Waals surface area contributed by atoms with Crippen molar-refractivity contribution in [1.29, 1.82) is 0 Å². The van der Waals surface area contributed by atoms with Crippen LogP contribution >= 0.6 is 0 Å². The smallest absolute Gasteiger partial charge is 0.251 e. The molecule has 0 aliphatic carbocycles. The van der Waals surface area contributed by atoms with Crippen molar-refractivity contribution >= 4 is 21.4 Å². The van der Waals surface area contributed by atoms with Gasteiger partial charge in [0.25, 0.3) is 5.91 Å². The number of nitrogens with one attached hydrogen (secondary N) is 1. The molecule has 1 unspecified atom stereocenters. The van der Waals surface area contributed by atoms with Crippen molar-refractivity contribution in [2.45, 2.75) is 30.7 Å². The molecule has 112 valence electrons. The number of aliphatic hydroxyl groups is 1. The molecule has 0 aliphatic heterocycles. The Labute approximate surface area is 118 Å². The second kappa shape index (κ2) is 6.71. The largest absolute Gasteiger partial charge is 0.399 e. The van der Waals surface area contributed by atoms with E-state index in [-0.39, 0.29) is 28.8 Å². The van der Waals surface area contributed by atoms with Crippen LogP contribution in [0.2, 0.25) is 0 Å². The van der Waals surface area contributed by atoms with E-state index in [0.717, 1.165) is 6.26 Å². The highest BCUT2D eigenvalue weighted by Gasteiger charge is 2.16. The molecule has 1 amide bonds. The number of nitrogens with two attached hydrogens (primary N) is 1. The highest BCUT2D eigenvalue weighted by molar-refractivity contribution is 7.90. The molecule has 1 aromatic rings. The van der Waals surface area contributed by atoms with Gasteiger partial charge in [-0.3, -0.25) is 4.79 Å². The van der Waals surface area contributed by atoms with Crippen LogP contribution in [0.3, 0.4) is 0 Å². The van der Waals surface area contributed by atoms with E-state index in [0.29, 0.717) is 12.8 Å². The summed E-state index contributed by atoms with van der Waals surface area (Å²) < 4.78 is 23.0. The summed E-state index contributed by atoms with van der Waals surface area (Å²) in [5.74, 6) is -0.400. The molecular formula is C13H20N2O4S. The molecule has 0 aliphatic rings. The molecule has 0 saturated heterocycles. The Morgan fingerprint density at radius 3 is 2.55 bits per heavy atom. The van der Waals surface area contributed by atoms with E-state index >= 15 is 0 Å². The number of sulfone groups is 1. The second-order valence-electron chi connectivity index (χ2n) is 4.65. The van der Waals surface area contributed by atoms with E-state index in [1.165, 1.54) is 18.2 Å². The molecule has 0 saturated carbocycles. The number of carbonyl (C=O) groups excluding carboxylic acids is 1. The minimum Gasteiger partial charge on any atom is -0.399 e. The molecule has 0 heterocycles. The normalized spacial score (nSPS) is 12.9. The maximum atomic E-state index is 12.1. The molecule has 20 heavy (non-hydrogen) atoms. The average Bonchev–Trinajstić information content (AvgIpc) is 2.36. The van der Waals surface area contributed by atoms with Gasteiger partial charge in [0, 0.05) is 30.2 Å². The summed E-state index contributed by atoms with van der Waals surface area (Å²) in [6.07, 6.45) is 2.18. The van der Waals surface area contributed by atoms with E-state index in [4.69, 9.17) is 10.8 Å². The lowest BCUT2D eigenvalue weighted by Crippen LogP contribution is -2.35. The molecule has 1 rings (SSSR count). The maximum absolute atomic E-state index is 12.1. The monoisotopic (exact) mass is 300 g/mol. The topological polar surface area (TPSA) is 109 Å². The first-order valence-electron chi connectivity index (χ1n) is 6.30. The molecule has 0 fully saturated rings. The summed E-state index contributed by atoms with van der Waals surface area (Å²) in [5, 5.41) is 11.6. The SMILES string of the molecule is CCC(CCO)NC(=O)c1cc(N)cc(S(C)(=O)=O)c1. The number of hydrogen-bond acceptors (Lipinski definition) is 5. The fourth-order valence-electron chi connectivity index (χ4n) is 1.77. The van der Waals surface area contributed by atoms with Gasteiger partial charge in [-0.2, -0.15) is 0 Å². The molecule has 1 aromatic carbocycles. The quantitative estimate of drug-likeness (QED) is 0.665. The molecule has 0 spiro atoms. The maximum Gasteiger partial charge on any atom is 0.251 e. The number of benzene rings is 1. The minimum absolute atomic E-state index is 0.0119. The van der Waals surface area contributed by atoms with E-state index in [2.05, 4.69) is 5.32 Å². The van der Waals surface area contributed by atoms with Crippen LogP contribution in [0.1, 0.15) is 30.1 Å². The van der Waals surface area contributed by atoms with Gasteiger partial charge in [0.15, 0.2) is 9.84 Å². The summed E-state index contributed by atoms with van der Waals surface area (Å²) in [5.41, 5.74) is 6.04. The Morgan fingerprint density at radius 1 is 1.40 bits per heavy atom. The zero-order valence-electron chi connectivity index (χ0n) is 11.6. The van der Waals surface area contributed by atoms with E-state index in [1.807, 2.05) is 6.92 Å². The van der Waals surface area contributed by atoms with Gasteiger partial charge in [-0.25, -0.2) is 8.42 Å². The zero-order valence-corrected chi connectivity index (χ0v) is 12.4. The van der Waals surface area contributed by atoms with Crippen molar-refractivity contribution in [3.63, 3.8) is 0 Å². The van der Waals surface area contributed by atoms with Gasteiger partial charge in [0.2, 0.25) is 0 Å². The fraction of sp³-hybridized carbons (Fsp3) is 0.462. The molecule has 0 radical (unpaired) electrons. The fourth-order valence-corrected chi connectivity index (χ4v) is 2.46.